The molecule has 86 valence electrons. The Morgan fingerprint density at radius 1 is 1.25 bits per heavy atom. The number of methoxy groups -OCH3 is 1. The Morgan fingerprint density at radius 2 is 1.88 bits per heavy atom. The number of benzene rings is 1. The number of ether oxygens (including phenoxy) is 1. The number of carbonyl (C=O) groups excluding carboxylic acids is 2. The minimum absolute atomic E-state index is 0.0452. The molecule has 1 N–H and O–H groups in total. The number of carbonyl (C=O) groups is 2. The Balaban J connectivity index is 2.46. The Hall–Kier alpha value is -1.55. The van der Waals surface area contributed by atoms with Gasteiger partial charge >= 0.3 is 0 Å². The summed E-state index contributed by atoms with van der Waals surface area (Å²) in [5.41, 5.74) is 0.660. The normalized spacial score (nSPS) is 9.62. The molecule has 1 aromatic rings. The van der Waals surface area contributed by atoms with Crippen LogP contribution in [0.1, 0.15) is 12.8 Å². The summed E-state index contributed by atoms with van der Waals surface area (Å²) in [4.78, 5) is 21.8. The molecular weight excluding hydrogens is 230 g/mol. The van der Waals surface area contributed by atoms with E-state index < -0.39 is 5.24 Å². The zero-order valence-electron chi connectivity index (χ0n) is 8.83. The SMILES string of the molecule is COc1ccc(NC(=O)CCC(=O)Cl)cc1. The van der Waals surface area contributed by atoms with Gasteiger partial charge in [-0.15, -0.1) is 0 Å². The molecule has 0 saturated carbocycles. The van der Waals surface area contributed by atoms with E-state index in [-0.39, 0.29) is 18.7 Å². The second-order valence-electron chi connectivity index (χ2n) is 3.13. The second-order valence-corrected chi connectivity index (χ2v) is 3.55. The van der Waals surface area contributed by atoms with Gasteiger partial charge in [-0.1, -0.05) is 0 Å². The zero-order valence-corrected chi connectivity index (χ0v) is 9.58. The summed E-state index contributed by atoms with van der Waals surface area (Å²) in [6.07, 6.45) is 0.137. The first-order valence-electron chi connectivity index (χ1n) is 4.74. The van der Waals surface area contributed by atoms with Crippen molar-refractivity contribution in [2.75, 3.05) is 12.4 Å². The van der Waals surface area contributed by atoms with Crippen molar-refractivity contribution < 1.29 is 14.3 Å². The average molecular weight is 242 g/mol. The van der Waals surface area contributed by atoms with Crippen molar-refractivity contribution in [2.24, 2.45) is 0 Å². The predicted octanol–water partition coefficient (Wildman–Crippen LogP) is 2.18. The Bertz CT molecular complexity index is 375. The summed E-state index contributed by atoms with van der Waals surface area (Å²) in [5.74, 6) is 0.480. The van der Waals surface area contributed by atoms with Gasteiger partial charge in [-0.05, 0) is 35.9 Å². The average Bonchev–Trinajstić information content (AvgIpc) is 2.27. The van der Waals surface area contributed by atoms with Crippen molar-refractivity contribution in [2.45, 2.75) is 12.8 Å². The van der Waals surface area contributed by atoms with Gasteiger partial charge in [0.25, 0.3) is 0 Å². The first-order valence-corrected chi connectivity index (χ1v) is 5.12. The van der Waals surface area contributed by atoms with Crippen LogP contribution in [0.15, 0.2) is 24.3 Å². The minimum atomic E-state index is -0.509. The molecular formula is C11H12ClNO3. The Morgan fingerprint density at radius 3 is 2.38 bits per heavy atom. The topological polar surface area (TPSA) is 55.4 Å². The van der Waals surface area contributed by atoms with Gasteiger partial charge in [-0.2, -0.15) is 0 Å². The summed E-state index contributed by atoms with van der Waals surface area (Å²) in [7, 11) is 1.57. The number of amides is 1. The second kappa shape index (κ2) is 6.12. The molecule has 0 aliphatic rings. The van der Waals surface area contributed by atoms with Gasteiger partial charge in [0.15, 0.2) is 0 Å². The van der Waals surface area contributed by atoms with E-state index >= 15 is 0 Å². The fourth-order valence-electron chi connectivity index (χ4n) is 1.11. The lowest BCUT2D eigenvalue weighted by atomic mass is 10.2. The van der Waals surface area contributed by atoms with E-state index in [1.165, 1.54) is 0 Å². The van der Waals surface area contributed by atoms with Crippen LogP contribution in [0, 0.1) is 0 Å². The maximum atomic E-state index is 11.3. The molecule has 0 bridgehead atoms. The number of anilines is 1. The lowest BCUT2D eigenvalue weighted by Crippen LogP contribution is -2.11. The van der Waals surface area contributed by atoms with Crippen LogP contribution in [0.3, 0.4) is 0 Å². The molecule has 0 atom stereocenters. The smallest absolute Gasteiger partial charge is 0.224 e. The van der Waals surface area contributed by atoms with E-state index in [1.54, 1.807) is 31.4 Å². The van der Waals surface area contributed by atoms with E-state index in [4.69, 9.17) is 16.3 Å². The van der Waals surface area contributed by atoms with E-state index in [2.05, 4.69) is 5.32 Å². The highest BCUT2D eigenvalue weighted by Crippen LogP contribution is 2.15. The summed E-state index contributed by atoms with van der Waals surface area (Å²) in [6.45, 7) is 0. The van der Waals surface area contributed by atoms with Gasteiger partial charge in [0.1, 0.15) is 5.75 Å². The first-order chi connectivity index (χ1) is 7.61. The quantitative estimate of drug-likeness (QED) is 0.804. The number of hydrogen-bond donors (Lipinski definition) is 1. The van der Waals surface area contributed by atoms with Crippen LogP contribution in [-0.2, 0) is 9.59 Å². The molecule has 0 aliphatic heterocycles. The van der Waals surface area contributed by atoms with E-state index in [1.807, 2.05) is 0 Å². The first kappa shape index (κ1) is 12.5. The number of hydrogen-bond acceptors (Lipinski definition) is 3. The maximum Gasteiger partial charge on any atom is 0.224 e. The summed E-state index contributed by atoms with van der Waals surface area (Å²) in [5, 5.41) is 2.13. The van der Waals surface area contributed by atoms with E-state index in [0.29, 0.717) is 11.4 Å². The number of rotatable bonds is 5. The third-order valence-corrected chi connectivity index (χ3v) is 2.11. The molecule has 1 amide bonds. The lowest BCUT2D eigenvalue weighted by molar-refractivity contribution is -0.119. The van der Waals surface area contributed by atoms with Crippen molar-refractivity contribution in [1.82, 2.24) is 0 Å². The van der Waals surface area contributed by atoms with Gasteiger partial charge in [0.2, 0.25) is 11.1 Å². The molecule has 0 fully saturated rings. The Labute approximate surface area is 98.5 Å². The predicted molar refractivity (Wildman–Crippen MR) is 61.7 cm³/mol. The van der Waals surface area contributed by atoms with Gasteiger partial charge in [0.05, 0.1) is 7.11 Å². The molecule has 5 heteroatoms. The van der Waals surface area contributed by atoms with Crippen LogP contribution in [-0.4, -0.2) is 18.3 Å². The third-order valence-electron chi connectivity index (χ3n) is 1.92. The molecule has 0 spiro atoms. The lowest BCUT2D eigenvalue weighted by Gasteiger charge is -2.05. The van der Waals surface area contributed by atoms with Crippen molar-refractivity contribution in [3.8, 4) is 5.75 Å². The largest absolute Gasteiger partial charge is 0.497 e. The van der Waals surface area contributed by atoms with Gasteiger partial charge in [-0.3, -0.25) is 9.59 Å². The van der Waals surface area contributed by atoms with Gasteiger partial charge in [0, 0.05) is 18.5 Å². The zero-order chi connectivity index (χ0) is 12.0. The van der Waals surface area contributed by atoms with Crippen molar-refractivity contribution in [3.05, 3.63) is 24.3 Å². The number of nitrogens with one attached hydrogen (secondary N) is 1. The minimum Gasteiger partial charge on any atom is -0.497 e. The highest BCUT2D eigenvalue weighted by atomic mass is 35.5. The molecule has 0 saturated heterocycles. The molecule has 0 aromatic heterocycles. The molecule has 0 unspecified atom stereocenters. The van der Waals surface area contributed by atoms with Crippen LogP contribution in [0.2, 0.25) is 0 Å². The van der Waals surface area contributed by atoms with Crippen LogP contribution < -0.4 is 10.1 Å². The molecule has 0 heterocycles. The molecule has 1 rings (SSSR count). The van der Waals surface area contributed by atoms with Gasteiger partial charge < -0.3 is 10.1 Å². The van der Waals surface area contributed by atoms with E-state index in [9.17, 15) is 9.59 Å². The van der Waals surface area contributed by atoms with Crippen molar-refractivity contribution >= 4 is 28.4 Å². The molecule has 0 aliphatic carbocycles. The summed E-state index contributed by atoms with van der Waals surface area (Å²) in [6, 6.07) is 6.92. The fraction of sp³-hybridized carbons (Fsp3) is 0.273. The molecule has 4 nitrogen and oxygen atoms in total. The number of halogens is 1. The van der Waals surface area contributed by atoms with Crippen LogP contribution >= 0.6 is 11.6 Å². The van der Waals surface area contributed by atoms with Gasteiger partial charge in [-0.25, -0.2) is 0 Å². The van der Waals surface area contributed by atoms with Crippen molar-refractivity contribution in [3.63, 3.8) is 0 Å². The monoisotopic (exact) mass is 241 g/mol. The maximum absolute atomic E-state index is 11.3. The molecule has 1 aromatic carbocycles. The van der Waals surface area contributed by atoms with Crippen LogP contribution in [0.5, 0.6) is 5.75 Å². The Kier molecular flexibility index (Phi) is 4.79. The highest BCUT2D eigenvalue weighted by molar-refractivity contribution is 6.63. The summed E-state index contributed by atoms with van der Waals surface area (Å²) >= 11 is 5.13. The highest BCUT2D eigenvalue weighted by Gasteiger charge is 2.05. The van der Waals surface area contributed by atoms with Crippen molar-refractivity contribution in [1.29, 1.82) is 0 Å². The molecule has 16 heavy (non-hydrogen) atoms. The molecule has 0 radical (unpaired) electrons. The standard InChI is InChI=1S/C11H12ClNO3/c1-16-9-4-2-8(3-5-9)13-11(15)7-6-10(12)14/h2-5H,6-7H2,1H3,(H,13,15). The van der Waals surface area contributed by atoms with Crippen LogP contribution in [0.4, 0.5) is 5.69 Å². The van der Waals surface area contributed by atoms with Crippen LogP contribution in [0.25, 0.3) is 0 Å². The van der Waals surface area contributed by atoms with E-state index in [0.717, 1.165) is 0 Å². The fourth-order valence-corrected chi connectivity index (χ4v) is 1.20. The third kappa shape index (κ3) is 4.31. The summed E-state index contributed by atoms with van der Waals surface area (Å²) < 4.78 is 4.98.